The van der Waals surface area contributed by atoms with Gasteiger partial charge in [-0.25, -0.2) is 4.39 Å². The Morgan fingerprint density at radius 3 is 2.76 bits per heavy atom. The zero-order valence-corrected chi connectivity index (χ0v) is 11.6. The SMILES string of the molecule is C[C@@H](NCc1cc2c(cc1O)OCO2)c1cccc(F)c1. The second-order valence-electron chi connectivity index (χ2n) is 4.99. The molecule has 1 aliphatic heterocycles. The van der Waals surface area contributed by atoms with Gasteiger partial charge < -0.3 is 19.9 Å². The van der Waals surface area contributed by atoms with E-state index in [1.807, 2.05) is 13.0 Å². The van der Waals surface area contributed by atoms with E-state index in [1.54, 1.807) is 18.2 Å². The van der Waals surface area contributed by atoms with Gasteiger partial charge in [-0.15, -0.1) is 0 Å². The van der Waals surface area contributed by atoms with E-state index in [4.69, 9.17) is 9.47 Å². The predicted molar refractivity (Wildman–Crippen MR) is 75.9 cm³/mol. The minimum atomic E-state index is -0.257. The molecule has 2 aromatic rings. The fourth-order valence-corrected chi connectivity index (χ4v) is 2.27. The van der Waals surface area contributed by atoms with E-state index in [0.717, 1.165) is 5.56 Å². The van der Waals surface area contributed by atoms with Gasteiger partial charge in [-0.2, -0.15) is 0 Å². The van der Waals surface area contributed by atoms with Crippen molar-refractivity contribution in [3.63, 3.8) is 0 Å². The molecule has 3 rings (SSSR count). The van der Waals surface area contributed by atoms with Gasteiger partial charge in [0.2, 0.25) is 6.79 Å². The molecule has 1 heterocycles. The molecule has 110 valence electrons. The van der Waals surface area contributed by atoms with Crippen LogP contribution in [-0.4, -0.2) is 11.9 Å². The number of ether oxygens (including phenoxy) is 2. The Morgan fingerprint density at radius 1 is 1.24 bits per heavy atom. The molecule has 0 saturated carbocycles. The van der Waals surface area contributed by atoms with Gasteiger partial charge in [-0.3, -0.25) is 0 Å². The van der Waals surface area contributed by atoms with Crippen LogP contribution < -0.4 is 14.8 Å². The maximum atomic E-state index is 13.2. The monoisotopic (exact) mass is 289 g/mol. The van der Waals surface area contributed by atoms with Gasteiger partial charge >= 0.3 is 0 Å². The largest absolute Gasteiger partial charge is 0.507 e. The average molecular weight is 289 g/mol. The molecule has 0 fully saturated rings. The number of rotatable bonds is 4. The highest BCUT2D eigenvalue weighted by molar-refractivity contribution is 5.51. The Hall–Kier alpha value is -2.27. The van der Waals surface area contributed by atoms with Crippen LogP contribution in [0.4, 0.5) is 4.39 Å². The van der Waals surface area contributed by atoms with Crippen molar-refractivity contribution in [3.8, 4) is 17.2 Å². The molecule has 0 saturated heterocycles. The summed E-state index contributed by atoms with van der Waals surface area (Å²) in [7, 11) is 0. The summed E-state index contributed by atoms with van der Waals surface area (Å²) in [6, 6.07) is 9.72. The maximum absolute atomic E-state index is 13.2. The Kier molecular flexibility index (Phi) is 3.66. The lowest BCUT2D eigenvalue weighted by molar-refractivity contribution is 0.174. The minimum absolute atomic E-state index is 0.0366. The molecular formula is C16H16FNO3. The number of halogens is 1. The van der Waals surface area contributed by atoms with E-state index in [-0.39, 0.29) is 24.4 Å². The number of hydrogen-bond donors (Lipinski definition) is 2. The first-order valence-corrected chi connectivity index (χ1v) is 6.74. The van der Waals surface area contributed by atoms with Gasteiger partial charge in [-0.1, -0.05) is 12.1 Å². The number of phenols is 1. The lowest BCUT2D eigenvalue weighted by Crippen LogP contribution is -2.18. The smallest absolute Gasteiger partial charge is 0.231 e. The molecule has 0 aliphatic carbocycles. The number of benzene rings is 2. The molecule has 2 aromatic carbocycles. The van der Waals surface area contributed by atoms with Crippen molar-refractivity contribution in [1.82, 2.24) is 5.32 Å². The summed E-state index contributed by atoms with van der Waals surface area (Å²) in [5.41, 5.74) is 1.57. The summed E-state index contributed by atoms with van der Waals surface area (Å²) >= 11 is 0. The van der Waals surface area contributed by atoms with Crippen molar-refractivity contribution in [2.24, 2.45) is 0 Å². The lowest BCUT2D eigenvalue weighted by atomic mass is 10.1. The Bertz CT molecular complexity index is 660. The highest BCUT2D eigenvalue weighted by atomic mass is 19.1. The van der Waals surface area contributed by atoms with E-state index < -0.39 is 0 Å². The molecule has 0 radical (unpaired) electrons. The van der Waals surface area contributed by atoms with Gasteiger partial charge in [0.1, 0.15) is 11.6 Å². The zero-order chi connectivity index (χ0) is 14.8. The van der Waals surface area contributed by atoms with Crippen molar-refractivity contribution in [2.75, 3.05) is 6.79 Å². The van der Waals surface area contributed by atoms with E-state index in [0.29, 0.717) is 23.6 Å². The fourth-order valence-electron chi connectivity index (χ4n) is 2.27. The van der Waals surface area contributed by atoms with Crippen LogP contribution >= 0.6 is 0 Å². The van der Waals surface area contributed by atoms with Crippen LogP contribution in [0.15, 0.2) is 36.4 Å². The van der Waals surface area contributed by atoms with Crippen LogP contribution in [0.2, 0.25) is 0 Å². The van der Waals surface area contributed by atoms with E-state index in [9.17, 15) is 9.50 Å². The number of aromatic hydroxyl groups is 1. The van der Waals surface area contributed by atoms with E-state index >= 15 is 0 Å². The highest BCUT2D eigenvalue weighted by Crippen LogP contribution is 2.37. The molecule has 4 nitrogen and oxygen atoms in total. The van der Waals surface area contributed by atoms with Crippen LogP contribution in [0.3, 0.4) is 0 Å². The molecular weight excluding hydrogens is 273 g/mol. The second-order valence-corrected chi connectivity index (χ2v) is 4.99. The summed E-state index contributed by atoms with van der Waals surface area (Å²) < 4.78 is 23.7. The summed E-state index contributed by atoms with van der Waals surface area (Å²) in [6.45, 7) is 2.56. The summed E-state index contributed by atoms with van der Waals surface area (Å²) in [4.78, 5) is 0. The van der Waals surface area contributed by atoms with Crippen LogP contribution in [0, 0.1) is 5.82 Å². The normalized spacial score (nSPS) is 14.2. The molecule has 0 bridgehead atoms. The number of fused-ring (bicyclic) bond motifs is 1. The maximum Gasteiger partial charge on any atom is 0.231 e. The van der Waals surface area contributed by atoms with Gasteiger partial charge in [0.25, 0.3) is 0 Å². The third-order valence-electron chi connectivity index (χ3n) is 3.52. The first kappa shape index (κ1) is 13.7. The second kappa shape index (κ2) is 5.61. The van der Waals surface area contributed by atoms with Crippen molar-refractivity contribution in [1.29, 1.82) is 0 Å². The van der Waals surface area contributed by atoms with Gasteiger partial charge in [0.15, 0.2) is 11.5 Å². The van der Waals surface area contributed by atoms with Crippen LogP contribution in [0.5, 0.6) is 17.2 Å². The molecule has 0 aromatic heterocycles. The minimum Gasteiger partial charge on any atom is -0.507 e. The van der Waals surface area contributed by atoms with Gasteiger partial charge in [0.05, 0.1) is 0 Å². The van der Waals surface area contributed by atoms with Crippen LogP contribution in [0.1, 0.15) is 24.1 Å². The van der Waals surface area contributed by atoms with E-state index in [1.165, 1.54) is 12.1 Å². The van der Waals surface area contributed by atoms with Crippen molar-refractivity contribution in [2.45, 2.75) is 19.5 Å². The van der Waals surface area contributed by atoms with Gasteiger partial charge in [-0.05, 0) is 30.7 Å². The topological polar surface area (TPSA) is 50.7 Å². The number of phenolic OH excluding ortho intramolecular Hbond substituents is 1. The summed E-state index contributed by atoms with van der Waals surface area (Å²) in [5.74, 6) is 1.07. The first-order chi connectivity index (χ1) is 10.1. The van der Waals surface area contributed by atoms with Gasteiger partial charge in [0, 0.05) is 24.2 Å². The van der Waals surface area contributed by atoms with Crippen molar-refractivity contribution >= 4 is 0 Å². The van der Waals surface area contributed by atoms with Crippen LogP contribution in [0.25, 0.3) is 0 Å². The predicted octanol–water partition coefficient (Wildman–Crippen LogP) is 3.11. The molecule has 0 unspecified atom stereocenters. The fraction of sp³-hybridized carbons (Fsp3) is 0.250. The standard InChI is InChI=1S/C16H16FNO3/c1-10(11-3-2-4-13(17)5-11)18-8-12-6-15-16(7-14(12)19)21-9-20-15/h2-7,10,18-19H,8-9H2,1H3/t10-/m1/s1. The lowest BCUT2D eigenvalue weighted by Gasteiger charge is -2.15. The van der Waals surface area contributed by atoms with E-state index in [2.05, 4.69) is 5.32 Å². The third-order valence-corrected chi connectivity index (χ3v) is 3.52. The van der Waals surface area contributed by atoms with Crippen molar-refractivity contribution < 1.29 is 19.0 Å². The number of hydrogen-bond acceptors (Lipinski definition) is 4. The van der Waals surface area contributed by atoms with Crippen LogP contribution in [-0.2, 0) is 6.54 Å². The summed E-state index contributed by atoms with van der Waals surface area (Å²) in [6.07, 6.45) is 0. The molecule has 1 atom stereocenters. The molecule has 2 N–H and O–H groups in total. The first-order valence-electron chi connectivity index (χ1n) is 6.74. The Morgan fingerprint density at radius 2 is 2.00 bits per heavy atom. The highest BCUT2D eigenvalue weighted by Gasteiger charge is 2.17. The molecule has 0 spiro atoms. The number of nitrogens with one attached hydrogen (secondary N) is 1. The molecule has 5 heteroatoms. The summed E-state index contributed by atoms with van der Waals surface area (Å²) in [5, 5.41) is 13.2. The Labute approximate surface area is 122 Å². The zero-order valence-electron chi connectivity index (χ0n) is 11.6. The molecule has 21 heavy (non-hydrogen) atoms. The van der Waals surface area contributed by atoms with Crippen molar-refractivity contribution in [3.05, 3.63) is 53.3 Å². The average Bonchev–Trinajstić information content (AvgIpc) is 2.91. The quantitative estimate of drug-likeness (QED) is 0.908. The molecule has 1 aliphatic rings. The molecule has 0 amide bonds. The third kappa shape index (κ3) is 2.92. The Balaban J connectivity index is 1.70.